The lowest BCUT2D eigenvalue weighted by Gasteiger charge is -2.16. The van der Waals surface area contributed by atoms with E-state index in [-0.39, 0.29) is 24.4 Å². The Hall–Kier alpha value is -2.90. The molecule has 1 atom stereocenters. The number of amides is 1. The number of carbonyl (C=O) groups excluding carboxylic acids is 1. The summed E-state index contributed by atoms with van der Waals surface area (Å²) in [5.74, 6) is 1.25. The smallest absolute Gasteiger partial charge is 0.319 e. The molecular formula is C20H23F2N3O3. The standard InChI is InChI=1S/C20H23F2N3O3/c1-4-27-16-11-15-9-13(2)28-17(15)10-14(16)5-6-19(26)24(3)12-18-23-7-8-25(18)20(21)22/h5-8,10-11,13,20H,4,9,12H2,1-3H3/b6-5+. The zero-order chi connectivity index (χ0) is 20.3. The van der Waals surface area contributed by atoms with Crippen LogP contribution in [0.25, 0.3) is 6.08 Å². The number of hydrogen-bond donors (Lipinski definition) is 0. The first-order chi connectivity index (χ1) is 13.4. The summed E-state index contributed by atoms with van der Waals surface area (Å²) in [4.78, 5) is 17.6. The van der Waals surface area contributed by atoms with Crippen molar-refractivity contribution >= 4 is 12.0 Å². The van der Waals surface area contributed by atoms with Gasteiger partial charge in [-0.1, -0.05) is 0 Å². The van der Waals surface area contributed by atoms with Gasteiger partial charge in [0.1, 0.15) is 23.4 Å². The summed E-state index contributed by atoms with van der Waals surface area (Å²) >= 11 is 0. The number of ether oxygens (including phenoxy) is 2. The highest BCUT2D eigenvalue weighted by atomic mass is 19.3. The lowest BCUT2D eigenvalue weighted by molar-refractivity contribution is -0.125. The molecule has 3 rings (SSSR count). The first-order valence-corrected chi connectivity index (χ1v) is 9.08. The molecular weight excluding hydrogens is 368 g/mol. The highest BCUT2D eigenvalue weighted by Crippen LogP contribution is 2.35. The molecule has 2 heterocycles. The van der Waals surface area contributed by atoms with Gasteiger partial charge >= 0.3 is 6.55 Å². The fourth-order valence-corrected chi connectivity index (χ4v) is 3.09. The van der Waals surface area contributed by atoms with Crippen molar-refractivity contribution in [3.8, 4) is 11.5 Å². The van der Waals surface area contributed by atoms with Gasteiger partial charge in [0.05, 0.1) is 13.2 Å². The molecule has 0 saturated heterocycles. The maximum Gasteiger partial charge on any atom is 0.319 e. The third kappa shape index (κ3) is 4.32. The number of alkyl halides is 2. The molecule has 8 heteroatoms. The Morgan fingerprint density at radius 2 is 2.29 bits per heavy atom. The number of hydrogen-bond acceptors (Lipinski definition) is 4. The van der Waals surface area contributed by atoms with Crippen LogP contribution in [0, 0.1) is 0 Å². The van der Waals surface area contributed by atoms with Crippen LogP contribution in [-0.2, 0) is 17.8 Å². The van der Waals surface area contributed by atoms with E-state index < -0.39 is 6.55 Å². The van der Waals surface area contributed by atoms with Gasteiger partial charge in [0, 0.05) is 43.1 Å². The molecule has 1 aliphatic rings. The predicted octanol–water partition coefficient (Wildman–Crippen LogP) is 3.67. The second-order valence-corrected chi connectivity index (χ2v) is 6.62. The Morgan fingerprint density at radius 3 is 3.00 bits per heavy atom. The molecule has 1 amide bonds. The summed E-state index contributed by atoms with van der Waals surface area (Å²) < 4.78 is 38.0. The molecule has 28 heavy (non-hydrogen) atoms. The van der Waals surface area contributed by atoms with Crippen LogP contribution in [0.3, 0.4) is 0 Å². The van der Waals surface area contributed by atoms with E-state index in [9.17, 15) is 13.6 Å². The molecule has 0 bridgehead atoms. The van der Waals surface area contributed by atoms with E-state index in [1.54, 1.807) is 6.08 Å². The number of nitrogens with zero attached hydrogens (tertiary/aromatic N) is 3. The van der Waals surface area contributed by atoms with Crippen molar-refractivity contribution in [1.29, 1.82) is 0 Å². The van der Waals surface area contributed by atoms with E-state index in [1.807, 2.05) is 26.0 Å². The van der Waals surface area contributed by atoms with E-state index in [2.05, 4.69) is 4.98 Å². The van der Waals surface area contributed by atoms with E-state index in [1.165, 1.54) is 30.4 Å². The summed E-state index contributed by atoms with van der Waals surface area (Å²) in [5, 5.41) is 0. The topological polar surface area (TPSA) is 56.6 Å². The van der Waals surface area contributed by atoms with Crippen molar-refractivity contribution in [1.82, 2.24) is 14.5 Å². The highest BCUT2D eigenvalue weighted by Gasteiger charge is 2.21. The predicted molar refractivity (Wildman–Crippen MR) is 100 cm³/mol. The zero-order valence-electron chi connectivity index (χ0n) is 16.1. The lowest BCUT2D eigenvalue weighted by Crippen LogP contribution is -2.26. The molecule has 6 nitrogen and oxygen atoms in total. The maximum atomic E-state index is 12.9. The van der Waals surface area contributed by atoms with E-state index in [0.29, 0.717) is 12.4 Å². The van der Waals surface area contributed by atoms with Gasteiger partial charge in [0.25, 0.3) is 0 Å². The monoisotopic (exact) mass is 391 g/mol. The van der Waals surface area contributed by atoms with Gasteiger partial charge in [-0.2, -0.15) is 8.78 Å². The quantitative estimate of drug-likeness (QED) is 0.676. The highest BCUT2D eigenvalue weighted by molar-refractivity contribution is 5.92. The van der Waals surface area contributed by atoms with Crippen LogP contribution >= 0.6 is 0 Å². The molecule has 0 radical (unpaired) electrons. The fraction of sp³-hybridized carbons (Fsp3) is 0.400. The van der Waals surface area contributed by atoms with Crippen molar-refractivity contribution < 1.29 is 23.0 Å². The van der Waals surface area contributed by atoms with Gasteiger partial charge in [-0.05, 0) is 32.1 Å². The first kappa shape index (κ1) is 19.9. The molecule has 1 aromatic heterocycles. The summed E-state index contributed by atoms with van der Waals surface area (Å²) in [6.45, 7) is 1.67. The van der Waals surface area contributed by atoms with Gasteiger partial charge in [0.2, 0.25) is 5.91 Å². The fourth-order valence-electron chi connectivity index (χ4n) is 3.09. The van der Waals surface area contributed by atoms with Crippen LogP contribution in [0.1, 0.15) is 37.3 Å². The van der Waals surface area contributed by atoms with Gasteiger partial charge in [-0.3, -0.25) is 9.36 Å². The Kier molecular flexibility index (Phi) is 5.96. The van der Waals surface area contributed by atoms with Crippen molar-refractivity contribution in [2.75, 3.05) is 13.7 Å². The molecule has 1 unspecified atom stereocenters. The van der Waals surface area contributed by atoms with Gasteiger partial charge in [-0.25, -0.2) is 4.98 Å². The number of fused-ring (bicyclic) bond motifs is 1. The number of aromatic nitrogens is 2. The molecule has 0 fully saturated rings. The van der Waals surface area contributed by atoms with E-state index in [0.717, 1.165) is 27.9 Å². The largest absolute Gasteiger partial charge is 0.493 e. The second-order valence-electron chi connectivity index (χ2n) is 6.62. The molecule has 1 aromatic carbocycles. The average Bonchev–Trinajstić information content (AvgIpc) is 3.24. The van der Waals surface area contributed by atoms with Crippen molar-refractivity contribution in [2.45, 2.75) is 39.5 Å². The average molecular weight is 391 g/mol. The molecule has 150 valence electrons. The van der Waals surface area contributed by atoms with Crippen LogP contribution in [0.2, 0.25) is 0 Å². The molecule has 0 aliphatic carbocycles. The van der Waals surface area contributed by atoms with Gasteiger partial charge in [-0.15, -0.1) is 0 Å². The van der Waals surface area contributed by atoms with Gasteiger partial charge in [0.15, 0.2) is 0 Å². The Morgan fingerprint density at radius 1 is 1.50 bits per heavy atom. The molecule has 0 spiro atoms. The van der Waals surface area contributed by atoms with Crippen molar-refractivity contribution in [2.24, 2.45) is 0 Å². The van der Waals surface area contributed by atoms with Crippen molar-refractivity contribution in [3.05, 3.63) is 47.6 Å². The number of imidazole rings is 1. The minimum atomic E-state index is -2.70. The summed E-state index contributed by atoms with van der Waals surface area (Å²) in [6.07, 6.45) is 6.44. The molecule has 2 aromatic rings. The van der Waals surface area contributed by atoms with Crippen LogP contribution in [0.5, 0.6) is 11.5 Å². The normalized spacial score (nSPS) is 15.7. The van der Waals surface area contributed by atoms with Crippen LogP contribution < -0.4 is 9.47 Å². The SMILES string of the molecule is CCOc1cc2c(cc1/C=C/C(=O)N(C)Cc1nccn1C(F)F)OC(C)C2. The second kappa shape index (κ2) is 8.41. The summed E-state index contributed by atoms with van der Waals surface area (Å²) in [7, 11) is 1.54. The van der Waals surface area contributed by atoms with Crippen LogP contribution in [0.4, 0.5) is 8.78 Å². The minimum absolute atomic E-state index is 0.0242. The summed E-state index contributed by atoms with van der Waals surface area (Å²) in [5.41, 5.74) is 1.81. The summed E-state index contributed by atoms with van der Waals surface area (Å²) in [6, 6.07) is 3.80. The minimum Gasteiger partial charge on any atom is -0.493 e. The lowest BCUT2D eigenvalue weighted by atomic mass is 10.1. The number of rotatable bonds is 7. The van der Waals surface area contributed by atoms with Crippen molar-refractivity contribution in [3.63, 3.8) is 0 Å². The Bertz CT molecular complexity index is 880. The molecule has 0 N–H and O–H groups in total. The zero-order valence-corrected chi connectivity index (χ0v) is 16.1. The van der Waals surface area contributed by atoms with E-state index in [4.69, 9.17) is 9.47 Å². The number of benzene rings is 1. The molecule has 1 aliphatic heterocycles. The first-order valence-electron chi connectivity index (χ1n) is 9.08. The number of carbonyl (C=O) groups is 1. The van der Waals surface area contributed by atoms with Gasteiger partial charge < -0.3 is 14.4 Å². The number of halogens is 2. The Labute approximate surface area is 162 Å². The third-order valence-electron chi connectivity index (χ3n) is 4.45. The maximum absolute atomic E-state index is 12.9. The number of likely N-dealkylation sites (N-methyl/N-ethyl adjacent to an activating group) is 1. The molecule has 0 saturated carbocycles. The van der Waals surface area contributed by atoms with Crippen LogP contribution in [0.15, 0.2) is 30.6 Å². The van der Waals surface area contributed by atoms with Crippen LogP contribution in [-0.4, -0.2) is 40.1 Å². The van der Waals surface area contributed by atoms with E-state index >= 15 is 0 Å². The Balaban J connectivity index is 1.74. The third-order valence-corrected chi connectivity index (χ3v) is 4.45.